The zero-order chi connectivity index (χ0) is 17.3. The first-order chi connectivity index (χ1) is 12.3. The molecule has 1 N–H and O–H groups in total. The molecule has 1 heterocycles. The van der Waals surface area contributed by atoms with E-state index in [9.17, 15) is 4.79 Å². The van der Waals surface area contributed by atoms with Crippen LogP contribution in [0, 0.1) is 0 Å². The van der Waals surface area contributed by atoms with E-state index < -0.39 is 0 Å². The van der Waals surface area contributed by atoms with Gasteiger partial charge in [0.25, 0.3) is 0 Å². The van der Waals surface area contributed by atoms with Crippen molar-refractivity contribution in [2.24, 2.45) is 0 Å². The third-order valence-corrected chi connectivity index (χ3v) is 3.88. The number of nitrogens with zero attached hydrogens (tertiary/aromatic N) is 3. The third-order valence-electron chi connectivity index (χ3n) is 3.88. The van der Waals surface area contributed by atoms with E-state index in [4.69, 9.17) is 0 Å². The van der Waals surface area contributed by atoms with Crippen LogP contribution < -0.4 is 10.2 Å². The molecule has 0 spiro atoms. The number of nitrogens with one attached hydrogen (secondary N) is 1. The van der Waals surface area contributed by atoms with Gasteiger partial charge in [0, 0.05) is 30.3 Å². The Morgan fingerprint density at radius 3 is 2.20 bits per heavy atom. The maximum atomic E-state index is 12.8. The molecule has 0 fully saturated rings. The first-order valence-electron chi connectivity index (χ1n) is 8.44. The standard InChI is InChI=1S/C20H22N4O/c25-20(16-21-12-7-14-23-15-13-22-17-23)24(18-8-3-1-4-9-18)19-10-5-2-6-11-19/h1-6,8-11,13,15,17,21H,7,12,14,16H2. The molecule has 2 aromatic carbocycles. The largest absolute Gasteiger partial charge is 0.337 e. The van der Waals surface area contributed by atoms with Gasteiger partial charge in [0.05, 0.1) is 12.9 Å². The predicted octanol–water partition coefficient (Wildman–Crippen LogP) is 3.23. The maximum Gasteiger partial charge on any atom is 0.245 e. The van der Waals surface area contributed by atoms with Crippen molar-refractivity contribution in [1.82, 2.24) is 14.9 Å². The van der Waals surface area contributed by atoms with E-state index in [0.29, 0.717) is 6.54 Å². The van der Waals surface area contributed by atoms with Crippen LogP contribution in [0.2, 0.25) is 0 Å². The number of carbonyl (C=O) groups excluding carboxylic acids is 1. The van der Waals surface area contributed by atoms with E-state index in [1.54, 1.807) is 17.4 Å². The second kappa shape index (κ2) is 8.80. The molecule has 0 aliphatic rings. The summed E-state index contributed by atoms with van der Waals surface area (Å²) in [6.45, 7) is 1.97. The second-order valence-corrected chi connectivity index (χ2v) is 5.73. The number of rotatable bonds is 8. The van der Waals surface area contributed by atoms with Gasteiger partial charge < -0.3 is 9.88 Å². The molecule has 0 aliphatic heterocycles. The lowest BCUT2D eigenvalue weighted by Crippen LogP contribution is -2.35. The zero-order valence-corrected chi connectivity index (χ0v) is 14.1. The molecule has 0 aliphatic carbocycles. The minimum absolute atomic E-state index is 0.0278. The smallest absolute Gasteiger partial charge is 0.245 e. The van der Waals surface area contributed by atoms with Crippen LogP contribution >= 0.6 is 0 Å². The predicted molar refractivity (Wildman–Crippen MR) is 99.7 cm³/mol. The van der Waals surface area contributed by atoms with Gasteiger partial charge in [-0.3, -0.25) is 9.69 Å². The van der Waals surface area contributed by atoms with Crippen LogP contribution in [0.25, 0.3) is 0 Å². The summed E-state index contributed by atoms with van der Waals surface area (Å²) < 4.78 is 2.03. The van der Waals surface area contributed by atoms with Gasteiger partial charge in [-0.2, -0.15) is 0 Å². The van der Waals surface area contributed by atoms with E-state index in [0.717, 1.165) is 30.9 Å². The quantitative estimate of drug-likeness (QED) is 0.644. The number of anilines is 2. The number of aromatic nitrogens is 2. The average Bonchev–Trinajstić information content (AvgIpc) is 3.17. The van der Waals surface area contributed by atoms with Gasteiger partial charge in [0.1, 0.15) is 0 Å². The van der Waals surface area contributed by atoms with Crippen molar-refractivity contribution in [3.8, 4) is 0 Å². The lowest BCUT2D eigenvalue weighted by atomic mass is 10.2. The van der Waals surface area contributed by atoms with Gasteiger partial charge in [0.15, 0.2) is 0 Å². The molecule has 0 radical (unpaired) electrons. The second-order valence-electron chi connectivity index (χ2n) is 5.73. The Morgan fingerprint density at radius 1 is 1.00 bits per heavy atom. The number of imidazole rings is 1. The van der Waals surface area contributed by atoms with E-state index in [-0.39, 0.29) is 5.91 Å². The molecule has 0 unspecified atom stereocenters. The summed E-state index contributed by atoms with van der Waals surface area (Å²) >= 11 is 0. The number of aryl methyl sites for hydroxylation is 1. The zero-order valence-electron chi connectivity index (χ0n) is 14.1. The Hall–Kier alpha value is -2.92. The number of amides is 1. The van der Waals surface area contributed by atoms with Crippen LogP contribution in [-0.2, 0) is 11.3 Å². The fourth-order valence-electron chi connectivity index (χ4n) is 2.67. The Kier molecular flexibility index (Phi) is 5.96. The van der Waals surface area contributed by atoms with E-state index >= 15 is 0 Å². The molecule has 1 aromatic heterocycles. The molecule has 5 nitrogen and oxygen atoms in total. The summed E-state index contributed by atoms with van der Waals surface area (Å²) in [7, 11) is 0. The molecule has 25 heavy (non-hydrogen) atoms. The highest BCUT2D eigenvalue weighted by Crippen LogP contribution is 2.24. The normalized spacial score (nSPS) is 10.6. The topological polar surface area (TPSA) is 50.2 Å². The minimum Gasteiger partial charge on any atom is -0.337 e. The van der Waals surface area contributed by atoms with Crippen LogP contribution in [-0.4, -0.2) is 28.5 Å². The Balaban J connectivity index is 1.58. The van der Waals surface area contributed by atoms with Gasteiger partial charge in [-0.05, 0) is 37.2 Å². The highest BCUT2D eigenvalue weighted by atomic mass is 16.2. The van der Waals surface area contributed by atoms with E-state index in [2.05, 4.69) is 10.3 Å². The third kappa shape index (κ3) is 4.78. The van der Waals surface area contributed by atoms with Crippen LogP contribution in [0.4, 0.5) is 11.4 Å². The molecular formula is C20H22N4O. The maximum absolute atomic E-state index is 12.8. The number of carbonyl (C=O) groups is 1. The highest BCUT2D eigenvalue weighted by molar-refractivity contribution is 6.01. The van der Waals surface area contributed by atoms with Crippen LogP contribution in [0.15, 0.2) is 79.4 Å². The molecule has 0 saturated carbocycles. The summed E-state index contributed by atoms with van der Waals surface area (Å²) in [4.78, 5) is 18.6. The Bertz CT molecular complexity index is 717. The summed E-state index contributed by atoms with van der Waals surface area (Å²) in [6, 6.07) is 19.5. The number of hydrogen-bond donors (Lipinski definition) is 1. The summed E-state index contributed by atoms with van der Waals surface area (Å²) in [5.74, 6) is 0.0278. The lowest BCUT2D eigenvalue weighted by molar-refractivity contribution is -0.117. The van der Waals surface area contributed by atoms with Gasteiger partial charge in [-0.15, -0.1) is 0 Å². The SMILES string of the molecule is O=C(CNCCCn1ccnc1)N(c1ccccc1)c1ccccc1. The number of para-hydroxylation sites is 2. The van der Waals surface area contributed by atoms with Crippen molar-refractivity contribution in [3.05, 3.63) is 79.4 Å². The summed E-state index contributed by atoms with van der Waals surface area (Å²) in [6.07, 6.45) is 6.46. The average molecular weight is 334 g/mol. The van der Waals surface area contributed by atoms with Gasteiger partial charge in [-0.1, -0.05) is 36.4 Å². The van der Waals surface area contributed by atoms with Crippen molar-refractivity contribution in [2.75, 3.05) is 18.0 Å². The minimum atomic E-state index is 0.0278. The van der Waals surface area contributed by atoms with Crippen LogP contribution in [0.5, 0.6) is 0 Å². The van der Waals surface area contributed by atoms with Gasteiger partial charge >= 0.3 is 0 Å². The first kappa shape index (κ1) is 16.9. The molecule has 128 valence electrons. The molecule has 1 amide bonds. The molecule has 0 saturated heterocycles. The fourth-order valence-corrected chi connectivity index (χ4v) is 2.67. The van der Waals surface area contributed by atoms with Crippen LogP contribution in [0.1, 0.15) is 6.42 Å². The summed E-state index contributed by atoms with van der Waals surface area (Å²) in [5.41, 5.74) is 1.75. The molecule has 3 aromatic rings. The van der Waals surface area contributed by atoms with Gasteiger partial charge in [0.2, 0.25) is 5.91 Å². The Morgan fingerprint density at radius 2 is 1.64 bits per heavy atom. The van der Waals surface area contributed by atoms with Gasteiger partial charge in [-0.25, -0.2) is 4.98 Å². The summed E-state index contributed by atoms with van der Waals surface area (Å²) in [5, 5.41) is 3.24. The molecule has 0 bridgehead atoms. The van der Waals surface area contributed by atoms with Crippen molar-refractivity contribution in [1.29, 1.82) is 0 Å². The Labute approximate surface area is 147 Å². The van der Waals surface area contributed by atoms with Crippen molar-refractivity contribution < 1.29 is 4.79 Å². The van der Waals surface area contributed by atoms with Crippen LogP contribution in [0.3, 0.4) is 0 Å². The van der Waals surface area contributed by atoms with Crippen molar-refractivity contribution in [3.63, 3.8) is 0 Å². The lowest BCUT2D eigenvalue weighted by Gasteiger charge is -2.23. The van der Waals surface area contributed by atoms with E-state index in [1.165, 1.54) is 0 Å². The first-order valence-corrected chi connectivity index (χ1v) is 8.44. The molecule has 0 atom stereocenters. The number of hydrogen-bond acceptors (Lipinski definition) is 3. The molecule has 3 rings (SSSR count). The molecular weight excluding hydrogens is 312 g/mol. The fraction of sp³-hybridized carbons (Fsp3) is 0.200. The molecule has 5 heteroatoms. The number of benzene rings is 2. The monoisotopic (exact) mass is 334 g/mol. The highest BCUT2D eigenvalue weighted by Gasteiger charge is 2.16. The van der Waals surface area contributed by atoms with E-state index in [1.807, 2.05) is 71.4 Å². The van der Waals surface area contributed by atoms with Crippen molar-refractivity contribution >= 4 is 17.3 Å². The van der Waals surface area contributed by atoms with Crippen molar-refractivity contribution in [2.45, 2.75) is 13.0 Å².